The maximum absolute atomic E-state index is 13.7. The Hall–Kier alpha value is -1.34. The third kappa shape index (κ3) is 2.47. The number of rotatable bonds is 3. The van der Waals surface area contributed by atoms with Crippen molar-refractivity contribution in [1.29, 1.82) is 0 Å². The fourth-order valence-electron chi connectivity index (χ4n) is 1.89. The zero-order chi connectivity index (χ0) is 15.1. The molecule has 2 rings (SSSR count). The van der Waals surface area contributed by atoms with Crippen LogP contribution in [0.4, 0.5) is 10.2 Å². The number of anilines is 1. The van der Waals surface area contributed by atoms with Crippen LogP contribution in [-0.4, -0.2) is 29.9 Å². The van der Waals surface area contributed by atoms with Crippen LogP contribution in [0, 0.1) is 5.82 Å². The molecule has 0 amide bonds. The van der Waals surface area contributed by atoms with Gasteiger partial charge in [0.25, 0.3) is 0 Å². The van der Waals surface area contributed by atoms with E-state index < -0.39 is 24.1 Å². The van der Waals surface area contributed by atoms with Gasteiger partial charge in [0.2, 0.25) is 5.88 Å². The lowest BCUT2D eigenvalue weighted by atomic mass is 9.79. The van der Waals surface area contributed by atoms with Gasteiger partial charge in [0.1, 0.15) is 0 Å². The molecule has 2 N–H and O–H groups in total. The minimum Gasteiger partial charge on any atom is -0.478 e. The van der Waals surface area contributed by atoms with Crippen molar-refractivity contribution in [3.8, 4) is 5.88 Å². The van der Waals surface area contributed by atoms with Gasteiger partial charge in [-0.2, -0.15) is 4.98 Å². The SMILES string of the molecule is CCOc1nc(N)c(F)cc1B1OC(C)(C)C(C)(C)O1. The molecule has 1 aromatic rings. The Labute approximate surface area is 118 Å². The first-order chi connectivity index (χ1) is 9.18. The highest BCUT2D eigenvalue weighted by Gasteiger charge is 2.52. The monoisotopic (exact) mass is 282 g/mol. The van der Waals surface area contributed by atoms with Crippen LogP contribution in [0.2, 0.25) is 0 Å². The summed E-state index contributed by atoms with van der Waals surface area (Å²) in [4.78, 5) is 3.92. The smallest absolute Gasteiger partial charge is 0.478 e. The summed E-state index contributed by atoms with van der Waals surface area (Å²) in [6.07, 6.45) is 0. The zero-order valence-electron chi connectivity index (χ0n) is 12.5. The van der Waals surface area contributed by atoms with E-state index in [1.807, 2.05) is 34.6 Å². The molecule has 0 unspecified atom stereocenters. The predicted molar refractivity (Wildman–Crippen MR) is 75.5 cm³/mol. The number of halogens is 1. The van der Waals surface area contributed by atoms with E-state index in [-0.39, 0.29) is 11.7 Å². The highest BCUT2D eigenvalue weighted by molar-refractivity contribution is 6.63. The topological polar surface area (TPSA) is 66.6 Å². The average molecular weight is 282 g/mol. The Balaban J connectivity index is 2.41. The van der Waals surface area contributed by atoms with Crippen LogP contribution in [0.3, 0.4) is 0 Å². The Kier molecular flexibility index (Phi) is 3.68. The van der Waals surface area contributed by atoms with Gasteiger partial charge in [0.05, 0.1) is 17.8 Å². The Morgan fingerprint density at radius 1 is 1.30 bits per heavy atom. The quantitative estimate of drug-likeness (QED) is 0.851. The van der Waals surface area contributed by atoms with Crippen molar-refractivity contribution >= 4 is 18.4 Å². The van der Waals surface area contributed by atoms with Crippen molar-refractivity contribution in [2.75, 3.05) is 12.3 Å². The Morgan fingerprint density at radius 3 is 2.35 bits per heavy atom. The number of nitrogens with two attached hydrogens (primary N) is 1. The van der Waals surface area contributed by atoms with E-state index >= 15 is 0 Å². The van der Waals surface area contributed by atoms with Crippen molar-refractivity contribution in [2.24, 2.45) is 0 Å². The van der Waals surface area contributed by atoms with Gasteiger partial charge in [-0.15, -0.1) is 0 Å². The zero-order valence-corrected chi connectivity index (χ0v) is 12.5. The van der Waals surface area contributed by atoms with Crippen molar-refractivity contribution in [3.05, 3.63) is 11.9 Å². The summed E-state index contributed by atoms with van der Waals surface area (Å²) in [5, 5.41) is 0. The van der Waals surface area contributed by atoms with E-state index in [0.29, 0.717) is 12.1 Å². The molecule has 0 radical (unpaired) electrons. The number of nitrogens with zero attached hydrogens (tertiary/aromatic N) is 1. The number of pyridine rings is 1. The minimum absolute atomic E-state index is 0.200. The molecule has 0 bridgehead atoms. The lowest BCUT2D eigenvalue weighted by Crippen LogP contribution is -2.41. The third-order valence-corrected chi connectivity index (χ3v) is 3.78. The predicted octanol–water partition coefficient (Wildman–Crippen LogP) is 1.50. The first-order valence-corrected chi connectivity index (χ1v) is 6.62. The number of hydrogen-bond acceptors (Lipinski definition) is 5. The molecular formula is C13H20BFN2O3. The largest absolute Gasteiger partial charge is 0.500 e. The van der Waals surface area contributed by atoms with Gasteiger partial charge >= 0.3 is 7.12 Å². The second kappa shape index (κ2) is 4.89. The van der Waals surface area contributed by atoms with Gasteiger partial charge < -0.3 is 19.8 Å². The molecule has 0 atom stereocenters. The summed E-state index contributed by atoms with van der Waals surface area (Å²) in [6.45, 7) is 9.91. The standard InChI is InChI=1S/C13H20BFN2O3/c1-6-18-11-8(7-9(15)10(16)17-11)14-19-12(2,3)13(4,5)20-14/h7H,6H2,1-5H3,(H2,16,17). The summed E-state index contributed by atoms with van der Waals surface area (Å²) in [5.74, 6) is -0.572. The Bertz CT molecular complexity index is 507. The van der Waals surface area contributed by atoms with Gasteiger partial charge in [-0.25, -0.2) is 4.39 Å². The van der Waals surface area contributed by atoms with Crippen LogP contribution in [0.25, 0.3) is 0 Å². The van der Waals surface area contributed by atoms with Crippen LogP contribution in [0.5, 0.6) is 5.88 Å². The molecule has 0 aliphatic carbocycles. The van der Waals surface area contributed by atoms with Crippen LogP contribution < -0.4 is 15.9 Å². The number of ether oxygens (including phenoxy) is 1. The minimum atomic E-state index is -0.732. The van der Waals surface area contributed by atoms with Gasteiger partial charge in [0.15, 0.2) is 11.6 Å². The molecule has 0 spiro atoms. The maximum atomic E-state index is 13.7. The fourth-order valence-corrected chi connectivity index (χ4v) is 1.89. The second-order valence-corrected chi connectivity index (χ2v) is 5.77. The van der Waals surface area contributed by atoms with Crippen molar-refractivity contribution in [1.82, 2.24) is 4.98 Å². The molecule has 7 heteroatoms. The second-order valence-electron chi connectivity index (χ2n) is 5.77. The molecule has 0 aromatic carbocycles. The first kappa shape index (κ1) is 15.1. The lowest BCUT2D eigenvalue weighted by molar-refractivity contribution is 0.00578. The fraction of sp³-hybridized carbons (Fsp3) is 0.615. The van der Waals surface area contributed by atoms with Crippen molar-refractivity contribution < 1.29 is 18.4 Å². The molecule has 1 fully saturated rings. The molecule has 1 aromatic heterocycles. The first-order valence-electron chi connectivity index (χ1n) is 6.62. The van der Waals surface area contributed by atoms with E-state index in [1.54, 1.807) is 0 Å². The molecule has 5 nitrogen and oxygen atoms in total. The van der Waals surface area contributed by atoms with E-state index in [9.17, 15) is 4.39 Å². The number of nitrogen functional groups attached to an aromatic ring is 1. The van der Waals surface area contributed by atoms with Crippen LogP contribution >= 0.6 is 0 Å². The lowest BCUT2D eigenvalue weighted by Gasteiger charge is -2.32. The van der Waals surface area contributed by atoms with Crippen LogP contribution in [0.15, 0.2) is 6.07 Å². The summed E-state index contributed by atoms with van der Waals surface area (Å²) < 4.78 is 30.9. The van der Waals surface area contributed by atoms with Gasteiger partial charge in [-0.05, 0) is 40.7 Å². The summed E-state index contributed by atoms with van der Waals surface area (Å²) in [6, 6.07) is 1.26. The van der Waals surface area contributed by atoms with E-state index in [2.05, 4.69) is 4.98 Å². The highest BCUT2D eigenvalue weighted by atomic mass is 19.1. The molecule has 1 aliphatic heterocycles. The van der Waals surface area contributed by atoms with Crippen LogP contribution in [-0.2, 0) is 9.31 Å². The summed E-state index contributed by atoms with van der Waals surface area (Å²) in [5.41, 5.74) is 4.86. The molecule has 2 heterocycles. The van der Waals surface area contributed by atoms with Gasteiger partial charge in [-0.1, -0.05) is 0 Å². The molecule has 110 valence electrons. The average Bonchev–Trinajstić information content (AvgIpc) is 2.53. The summed E-state index contributed by atoms with van der Waals surface area (Å²) in [7, 11) is -0.732. The van der Waals surface area contributed by atoms with Crippen LogP contribution in [0.1, 0.15) is 34.6 Å². The Morgan fingerprint density at radius 2 is 1.85 bits per heavy atom. The highest BCUT2D eigenvalue weighted by Crippen LogP contribution is 2.37. The number of aromatic nitrogens is 1. The van der Waals surface area contributed by atoms with Crippen molar-refractivity contribution in [3.63, 3.8) is 0 Å². The summed E-state index contributed by atoms with van der Waals surface area (Å²) >= 11 is 0. The normalized spacial score (nSPS) is 20.2. The maximum Gasteiger partial charge on any atom is 0.500 e. The molecular weight excluding hydrogens is 262 g/mol. The third-order valence-electron chi connectivity index (χ3n) is 3.78. The molecule has 1 saturated heterocycles. The molecule has 20 heavy (non-hydrogen) atoms. The van der Waals surface area contributed by atoms with Gasteiger partial charge in [0, 0.05) is 5.46 Å². The molecule has 1 aliphatic rings. The van der Waals surface area contributed by atoms with E-state index in [1.165, 1.54) is 6.07 Å². The molecule has 0 saturated carbocycles. The van der Waals surface area contributed by atoms with E-state index in [4.69, 9.17) is 19.8 Å². The van der Waals surface area contributed by atoms with E-state index in [0.717, 1.165) is 0 Å². The van der Waals surface area contributed by atoms with Gasteiger partial charge in [-0.3, -0.25) is 0 Å². The van der Waals surface area contributed by atoms with Crippen molar-refractivity contribution in [2.45, 2.75) is 45.8 Å². The number of hydrogen-bond donors (Lipinski definition) is 1.